The van der Waals surface area contributed by atoms with Crippen LogP contribution in [0.1, 0.15) is 19.0 Å². The van der Waals surface area contributed by atoms with Crippen LogP contribution in [0.25, 0.3) is 10.9 Å². The molecule has 1 fully saturated rings. The Morgan fingerprint density at radius 2 is 2.04 bits per heavy atom. The first-order valence-electron chi connectivity index (χ1n) is 9.08. The second-order valence-electron chi connectivity index (χ2n) is 6.74. The summed E-state index contributed by atoms with van der Waals surface area (Å²) < 4.78 is 1.72. The van der Waals surface area contributed by atoms with E-state index in [9.17, 15) is 4.79 Å². The highest BCUT2D eigenvalue weighted by molar-refractivity contribution is 6.00. The standard InChI is InChI=1S/C20H23N5O/c1-3-6-15-11-19(17-7-4-5-8-18(17)22-15)24-9-10-25(20(26)14-24)16-12-21-23(2)13-16/h4-5,7-8,11-13H,3,6,9-10,14H2,1-2H3. The molecule has 1 aromatic carbocycles. The van der Waals surface area contributed by atoms with Crippen LogP contribution in [0.15, 0.2) is 42.7 Å². The molecule has 3 heterocycles. The number of pyridine rings is 1. The minimum absolute atomic E-state index is 0.0992. The molecular weight excluding hydrogens is 326 g/mol. The first-order chi connectivity index (χ1) is 12.7. The van der Waals surface area contributed by atoms with Crippen molar-refractivity contribution >= 4 is 28.2 Å². The van der Waals surface area contributed by atoms with Gasteiger partial charge in [0.2, 0.25) is 5.91 Å². The first kappa shape index (κ1) is 16.6. The van der Waals surface area contributed by atoms with Crippen molar-refractivity contribution in [3.8, 4) is 0 Å². The van der Waals surface area contributed by atoms with Gasteiger partial charge in [-0.1, -0.05) is 31.5 Å². The molecule has 0 bridgehead atoms. The molecule has 0 N–H and O–H groups in total. The Kier molecular flexibility index (Phi) is 4.32. The molecule has 2 aromatic heterocycles. The molecule has 3 aromatic rings. The molecule has 1 amide bonds. The second-order valence-corrected chi connectivity index (χ2v) is 6.74. The van der Waals surface area contributed by atoms with E-state index in [1.807, 2.05) is 36.3 Å². The van der Waals surface area contributed by atoms with Gasteiger partial charge in [-0.2, -0.15) is 5.10 Å². The minimum atomic E-state index is 0.0992. The fourth-order valence-electron chi connectivity index (χ4n) is 3.56. The third kappa shape index (κ3) is 3.03. The highest BCUT2D eigenvalue weighted by atomic mass is 16.2. The molecule has 0 saturated carbocycles. The van der Waals surface area contributed by atoms with E-state index in [-0.39, 0.29) is 5.91 Å². The van der Waals surface area contributed by atoms with Gasteiger partial charge in [-0.15, -0.1) is 0 Å². The predicted molar refractivity (Wildman–Crippen MR) is 104 cm³/mol. The number of fused-ring (bicyclic) bond motifs is 1. The fourth-order valence-corrected chi connectivity index (χ4v) is 3.56. The van der Waals surface area contributed by atoms with Gasteiger partial charge in [0.25, 0.3) is 0 Å². The predicted octanol–water partition coefficient (Wildman–Crippen LogP) is 2.77. The SMILES string of the molecule is CCCc1cc(N2CCN(c3cnn(C)c3)C(=O)C2)c2ccccc2n1. The van der Waals surface area contributed by atoms with Crippen LogP contribution in [0.2, 0.25) is 0 Å². The van der Waals surface area contributed by atoms with Gasteiger partial charge in [-0.25, -0.2) is 0 Å². The zero-order valence-electron chi connectivity index (χ0n) is 15.2. The summed E-state index contributed by atoms with van der Waals surface area (Å²) in [5.74, 6) is 0.0992. The fraction of sp³-hybridized carbons (Fsp3) is 0.350. The summed E-state index contributed by atoms with van der Waals surface area (Å²) in [5.41, 5.74) is 4.06. The van der Waals surface area contributed by atoms with Crippen molar-refractivity contribution in [1.29, 1.82) is 0 Å². The summed E-state index contributed by atoms with van der Waals surface area (Å²) in [4.78, 5) is 21.5. The average molecular weight is 349 g/mol. The van der Waals surface area contributed by atoms with Gasteiger partial charge in [0.1, 0.15) is 0 Å². The Balaban J connectivity index is 1.65. The Morgan fingerprint density at radius 3 is 2.77 bits per heavy atom. The summed E-state index contributed by atoms with van der Waals surface area (Å²) in [6, 6.07) is 10.3. The highest BCUT2D eigenvalue weighted by Gasteiger charge is 2.27. The zero-order valence-corrected chi connectivity index (χ0v) is 15.2. The van der Waals surface area contributed by atoms with Crippen LogP contribution in [-0.2, 0) is 18.3 Å². The Bertz CT molecular complexity index is 948. The van der Waals surface area contributed by atoms with Gasteiger partial charge in [0, 0.05) is 43.1 Å². The normalized spacial score (nSPS) is 15.1. The summed E-state index contributed by atoms with van der Waals surface area (Å²) >= 11 is 0. The molecule has 26 heavy (non-hydrogen) atoms. The minimum Gasteiger partial charge on any atom is -0.360 e. The number of hydrogen-bond donors (Lipinski definition) is 0. The monoisotopic (exact) mass is 349 g/mol. The van der Waals surface area contributed by atoms with E-state index < -0.39 is 0 Å². The lowest BCUT2D eigenvalue weighted by Crippen LogP contribution is -2.50. The number of nitrogens with zero attached hydrogens (tertiary/aromatic N) is 5. The van der Waals surface area contributed by atoms with Crippen molar-refractivity contribution in [2.24, 2.45) is 7.05 Å². The number of piperazine rings is 1. The van der Waals surface area contributed by atoms with Gasteiger partial charge in [0.15, 0.2) is 0 Å². The molecule has 0 unspecified atom stereocenters. The molecule has 0 radical (unpaired) electrons. The quantitative estimate of drug-likeness (QED) is 0.727. The van der Waals surface area contributed by atoms with Crippen LogP contribution in [0.5, 0.6) is 0 Å². The van der Waals surface area contributed by atoms with Gasteiger partial charge < -0.3 is 9.80 Å². The molecule has 1 aliphatic rings. The third-order valence-electron chi connectivity index (χ3n) is 4.82. The van der Waals surface area contributed by atoms with Crippen molar-refractivity contribution in [3.63, 3.8) is 0 Å². The van der Waals surface area contributed by atoms with E-state index in [0.717, 1.165) is 47.4 Å². The molecule has 1 aliphatic heterocycles. The first-order valence-corrected chi connectivity index (χ1v) is 9.08. The van der Waals surface area contributed by atoms with E-state index in [1.165, 1.54) is 0 Å². The molecule has 0 aliphatic carbocycles. The van der Waals surface area contributed by atoms with Gasteiger partial charge in [0.05, 0.1) is 23.9 Å². The van der Waals surface area contributed by atoms with Crippen LogP contribution >= 0.6 is 0 Å². The van der Waals surface area contributed by atoms with Crippen LogP contribution in [-0.4, -0.2) is 40.3 Å². The zero-order chi connectivity index (χ0) is 18.1. The molecule has 0 spiro atoms. The van der Waals surface area contributed by atoms with Gasteiger partial charge in [-0.05, 0) is 18.6 Å². The number of aryl methyl sites for hydroxylation is 2. The number of carbonyl (C=O) groups excluding carboxylic acids is 1. The van der Waals surface area contributed by atoms with E-state index in [0.29, 0.717) is 13.1 Å². The maximum Gasteiger partial charge on any atom is 0.246 e. The van der Waals surface area contributed by atoms with Gasteiger partial charge >= 0.3 is 0 Å². The number of carbonyl (C=O) groups is 1. The van der Waals surface area contributed by atoms with E-state index >= 15 is 0 Å². The smallest absolute Gasteiger partial charge is 0.246 e. The summed E-state index contributed by atoms with van der Waals surface area (Å²) in [6.45, 7) is 3.98. The number of amides is 1. The van der Waals surface area contributed by atoms with E-state index in [1.54, 1.807) is 10.9 Å². The summed E-state index contributed by atoms with van der Waals surface area (Å²) in [7, 11) is 1.86. The van der Waals surface area contributed by atoms with Gasteiger partial charge in [-0.3, -0.25) is 14.5 Å². The summed E-state index contributed by atoms with van der Waals surface area (Å²) in [5, 5.41) is 5.28. The van der Waals surface area contributed by atoms with E-state index in [2.05, 4.69) is 29.1 Å². The van der Waals surface area contributed by atoms with Crippen LogP contribution in [0, 0.1) is 0 Å². The Labute approximate surface area is 153 Å². The second kappa shape index (κ2) is 6.78. The number of hydrogen-bond acceptors (Lipinski definition) is 4. The number of benzene rings is 1. The maximum absolute atomic E-state index is 12.8. The summed E-state index contributed by atoms with van der Waals surface area (Å²) in [6.07, 6.45) is 5.63. The number of rotatable bonds is 4. The van der Waals surface area contributed by atoms with Crippen LogP contribution in [0.3, 0.4) is 0 Å². The average Bonchev–Trinajstić information content (AvgIpc) is 3.07. The maximum atomic E-state index is 12.8. The lowest BCUT2D eigenvalue weighted by Gasteiger charge is -2.35. The van der Waals surface area contributed by atoms with Crippen molar-refractivity contribution in [3.05, 3.63) is 48.4 Å². The third-order valence-corrected chi connectivity index (χ3v) is 4.82. The molecule has 0 atom stereocenters. The van der Waals surface area contributed by atoms with Crippen molar-refractivity contribution < 1.29 is 4.79 Å². The largest absolute Gasteiger partial charge is 0.360 e. The number of anilines is 2. The molecule has 134 valence electrons. The Morgan fingerprint density at radius 1 is 1.19 bits per heavy atom. The van der Waals surface area contributed by atoms with Crippen LogP contribution < -0.4 is 9.80 Å². The van der Waals surface area contributed by atoms with Crippen LogP contribution in [0.4, 0.5) is 11.4 Å². The van der Waals surface area contributed by atoms with Crippen molar-refractivity contribution in [1.82, 2.24) is 14.8 Å². The number of aromatic nitrogens is 3. The lowest BCUT2D eigenvalue weighted by molar-refractivity contribution is -0.117. The van der Waals surface area contributed by atoms with Crippen molar-refractivity contribution in [2.75, 3.05) is 29.4 Å². The number of para-hydroxylation sites is 1. The highest BCUT2D eigenvalue weighted by Crippen LogP contribution is 2.29. The molecule has 4 rings (SSSR count). The van der Waals surface area contributed by atoms with Crippen molar-refractivity contribution in [2.45, 2.75) is 19.8 Å². The van der Waals surface area contributed by atoms with E-state index in [4.69, 9.17) is 4.98 Å². The molecule has 1 saturated heterocycles. The molecule has 6 heteroatoms. The molecule has 6 nitrogen and oxygen atoms in total. The lowest BCUT2D eigenvalue weighted by atomic mass is 10.1. The molecular formula is C20H23N5O. The Hall–Kier alpha value is -2.89. The topological polar surface area (TPSA) is 54.3 Å².